The fourth-order valence-corrected chi connectivity index (χ4v) is 5.13. The van der Waals surface area contributed by atoms with Gasteiger partial charge in [-0.15, -0.1) is 11.3 Å². The SMILES string of the molecule is CN(C)C(=O)C1CNNC1C1CCN(C(=O)Cc2csc(-c3cccnc3)n2)CC1. The van der Waals surface area contributed by atoms with Gasteiger partial charge >= 0.3 is 0 Å². The quantitative estimate of drug-likeness (QED) is 0.743. The molecule has 0 bridgehead atoms. The van der Waals surface area contributed by atoms with Gasteiger partial charge in [0.25, 0.3) is 0 Å². The van der Waals surface area contributed by atoms with E-state index in [0.717, 1.165) is 42.2 Å². The maximum absolute atomic E-state index is 12.8. The molecule has 2 aliphatic heterocycles. The number of rotatable bonds is 5. The number of pyridine rings is 1. The molecule has 2 aliphatic rings. The molecule has 0 spiro atoms. The van der Waals surface area contributed by atoms with Crippen molar-refractivity contribution in [1.29, 1.82) is 0 Å². The van der Waals surface area contributed by atoms with Crippen LogP contribution < -0.4 is 10.9 Å². The second-order valence-electron chi connectivity index (χ2n) is 8.17. The number of thiazole rings is 1. The largest absolute Gasteiger partial charge is 0.348 e. The topological polar surface area (TPSA) is 90.5 Å². The predicted molar refractivity (Wildman–Crippen MR) is 115 cm³/mol. The lowest BCUT2D eigenvalue weighted by molar-refractivity contribution is -0.135. The van der Waals surface area contributed by atoms with Crippen molar-refractivity contribution in [2.75, 3.05) is 33.7 Å². The molecule has 8 nitrogen and oxygen atoms in total. The number of carbonyl (C=O) groups is 2. The molecule has 4 rings (SSSR count). The molecule has 2 fully saturated rings. The Kier molecular flexibility index (Phi) is 6.40. The minimum Gasteiger partial charge on any atom is -0.348 e. The van der Waals surface area contributed by atoms with E-state index in [1.807, 2.05) is 22.4 Å². The van der Waals surface area contributed by atoms with Crippen LogP contribution in [-0.2, 0) is 16.0 Å². The van der Waals surface area contributed by atoms with Crippen LogP contribution in [0, 0.1) is 11.8 Å². The van der Waals surface area contributed by atoms with Crippen molar-refractivity contribution in [2.24, 2.45) is 11.8 Å². The Labute approximate surface area is 180 Å². The van der Waals surface area contributed by atoms with E-state index in [0.29, 0.717) is 18.9 Å². The molecule has 30 heavy (non-hydrogen) atoms. The number of nitrogens with zero attached hydrogens (tertiary/aromatic N) is 4. The molecular formula is C21H28N6O2S. The molecule has 2 saturated heterocycles. The lowest BCUT2D eigenvalue weighted by atomic mass is 9.82. The number of amides is 2. The molecule has 4 heterocycles. The molecule has 2 atom stereocenters. The van der Waals surface area contributed by atoms with Gasteiger partial charge in [0.15, 0.2) is 0 Å². The van der Waals surface area contributed by atoms with Gasteiger partial charge < -0.3 is 9.80 Å². The molecule has 0 radical (unpaired) electrons. The summed E-state index contributed by atoms with van der Waals surface area (Å²) in [7, 11) is 3.61. The van der Waals surface area contributed by atoms with Gasteiger partial charge in [-0.05, 0) is 30.9 Å². The summed E-state index contributed by atoms with van der Waals surface area (Å²) in [5.41, 5.74) is 8.23. The molecule has 0 saturated carbocycles. The monoisotopic (exact) mass is 428 g/mol. The summed E-state index contributed by atoms with van der Waals surface area (Å²) in [6.45, 7) is 2.11. The Bertz CT molecular complexity index is 879. The van der Waals surface area contributed by atoms with Gasteiger partial charge in [-0.3, -0.25) is 25.4 Å². The van der Waals surface area contributed by atoms with Crippen molar-refractivity contribution in [1.82, 2.24) is 30.6 Å². The van der Waals surface area contributed by atoms with Gasteiger partial charge in [-0.1, -0.05) is 0 Å². The first-order valence-corrected chi connectivity index (χ1v) is 11.2. The molecule has 9 heteroatoms. The highest BCUT2D eigenvalue weighted by atomic mass is 32.1. The third kappa shape index (κ3) is 4.53. The average Bonchev–Trinajstić information content (AvgIpc) is 3.44. The predicted octanol–water partition coefficient (Wildman–Crippen LogP) is 1.17. The minimum atomic E-state index is -0.0480. The van der Waals surface area contributed by atoms with E-state index in [1.54, 1.807) is 42.7 Å². The highest BCUT2D eigenvalue weighted by Crippen LogP contribution is 2.28. The third-order valence-corrected chi connectivity index (χ3v) is 6.92. The lowest BCUT2D eigenvalue weighted by Gasteiger charge is -2.36. The molecule has 2 unspecified atom stereocenters. The van der Waals surface area contributed by atoms with Crippen molar-refractivity contribution in [3.05, 3.63) is 35.6 Å². The van der Waals surface area contributed by atoms with Crippen LogP contribution in [0.15, 0.2) is 29.9 Å². The van der Waals surface area contributed by atoms with Crippen LogP contribution in [0.1, 0.15) is 18.5 Å². The van der Waals surface area contributed by atoms with E-state index < -0.39 is 0 Å². The summed E-state index contributed by atoms with van der Waals surface area (Å²) < 4.78 is 0. The normalized spacial score (nSPS) is 22.3. The number of hydrogen-bond acceptors (Lipinski definition) is 7. The van der Waals surface area contributed by atoms with Gasteiger partial charge in [-0.2, -0.15) is 0 Å². The minimum absolute atomic E-state index is 0.0480. The second kappa shape index (κ2) is 9.20. The second-order valence-corrected chi connectivity index (χ2v) is 9.03. The van der Waals surface area contributed by atoms with E-state index in [9.17, 15) is 9.59 Å². The van der Waals surface area contributed by atoms with E-state index in [-0.39, 0.29) is 23.8 Å². The van der Waals surface area contributed by atoms with Crippen molar-refractivity contribution in [2.45, 2.75) is 25.3 Å². The summed E-state index contributed by atoms with van der Waals surface area (Å²) in [5.74, 6) is 0.612. The zero-order valence-electron chi connectivity index (χ0n) is 17.4. The molecule has 2 amide bonds. The zero-order chi connectivity index (χ0) is 21.1. The van der Waals surface area contributed by atoms with Gasteiger partial charge in [0.2, 0.25) is 11.8 Å². The summed E-state index contributed by atoms with van der Waals surface area (Å²) >= 11 is 1.54. The zero-order valence-corrected chi connectivity index (χ0v) is 18.2. The summed E-state index contributed by atoms with van der Waals surface area (Å²) in [4.78, 5) is 37.6. The molecule has 160 valence electrons. The maximum Gasteiger partial charge on any atom is 0.228 e. The number of hydrazine groups is 1. The standard InChI is InChI=1S/C21H28N6O2S/c1-26(2)21(29)17-12-23-25-19(17)14-5-8-27(9-6-14)18(28)10-16-13-30-20(24-16)15-4-3-7-22-11-15/h3-4,7,11,13-14,17,19,23,25H,5-6,8-10,12H2,1-2H3. The van der Waals surface area contributed by atoms with Crippen LogP contribution in [0.3, 0.4) is 0 Å². The van der Waals surface area contributed by atoms with Crippen molar-refractivity contribution in [3.8, 4) is 10.6 Å². The highest BCUT2D eigenvalue weighted by molar-refractivity contribution is 7.13. The van der Waals surface area contributed by atoms with Crippen LogP contribution in [0.5, 0.6) is 0 Å². The first kappa shape index (κ1) is 20.9. The Morgan fingerprint density at radius 2 is 2.10 bits per heavy atom. The van der Waals surface area contributed by atoms with E-state index in [1.165, 1.54) is 0 Å². The number of aromatic nitrogens is 2. The first-order valence-electron chi connectivity index (χ1n) is 10.3. The van der Waals surface area contributed by atoms with Crippen LogP contribution in [0.4, 0.5) is 0 Å². The van der Waals surface area contributed by atoms with E-state index in [2.05, 4.69) is 20.8 Å². The smallest absolute Gasteiger partial charge is 0.228 e. The van der Waals surface area contributed by atoms with Gasteiger partial charge in [0, 0.05) is 63.1 Å². The van der Waals surface area contributed by atoms with Crippen LogP contribution in [-0.4, -0.2) is 71.4 Å². The molecule has 2 aromatic rings. The number of nitrogens with one attached hydrogen (secondary N) is 2. The number of piperidine rings is 1. The molecule has 2 aromatic heterocycles. The Balaban J connectivity index is 1.31. The van der Waals surface area contributed by atoms with Crippen molar-refractivity contribution < 1.29 is 9.59 Å². The summed E-state index contributed by atoms with van der Waals surface area (Å²) in [5, 5.41) is 2.85. The first-order chi connectivity index (χ1) is 14.5. The van der Waals surface area contributed by atoms with Gasteiger partial charge in [0.1, 0.15) is 5.01 Å². The van der Waals surface area contributed by atoms with Crippen LogP contribution in [0.25, 0.3) is 10.6 Å². The Morgan fingerprint density at radius 3 is 2.80 bits per heavy atom. The van der Waals surface area contributed by atoms with E-state index in [4.69, 9.17) is 0 Å². The third-order valence-electron chi connectivity index (χ3n) is 5.97. The van der Waals surface area contributed by atoms with E-state index >= 15 is 0 Å². The molecule has 0 aliphatic carbocycles. The fraction of sp³-hybridized carbons (Fsp3) is 0.524. The fourth-order valence-electron chi connectivity index (χ4n) is 4.32. The summed E-state index contributed by atoms with van der Waals surface area (Å²) in [6, 6.07) is 3.98. The summed E-state index contributed by atoms with van der Waals surface area (Å²) in [6.07, 6.45) is 5.66. The average molecular weight is 429 g/mol. The highest BCUT2D eigenvalue weighted by Gasteiger charge is 2.40. The Morgan fingerprint density at radius 1 is 1.30 bits per heavy atom. The van der Waals surface area contributed by atoms with Crippen LogP contribution in [0.2, 0.25) is 0 Å². The lowest BCUT2D eigenvalue weighted by Crippen LogP contribution is -2.48. The maximum atomic E-state index is 12.8. The Hall–Kier alpha value is -2.36. The molecule has 2 N–H and O–H groups in total. The van der Waals surface area contributed by atoms with Crippen LogP contribution >= 0.6 is 11.3 Å². The number of carbonyl (C=O) groups excluding carboxylic acids is 2. The number of hydrogen-bond donors (Lipinski definition) is 2. The molecule has 0 aromatic carbocycles. The van der Waals surface area contributed by atoms with Gasteiger partial charge in [-0.25, -0.2) is 4.98 Å². The van der Waals surface area contributed by atoms with Crippen molar-refractivity contribution >= 4 is 23.2 Å². The molecular weight excluding hydrogens is 400 g/mol. The van der Waals surface area contributed by atoms with Crippen molar-refractivity contribution in [3.63, 3.8) is 0 Å². The van der Waals surface area contributed by atoms with Gasteiger partial charge in [0.05, 0.1) is 18.0 Å². The number of likely N-dealkylation sites (tertiary alicyclic amines) is 1.